The Morgan fingerprint density at radius 3 is 2.67 bits per heavy atom. The lowest BCUT2D eigenvalue weighted by Gasteiger charge is -2.29. The molecule has 0 bridgehead atoms. The molecule has 43 heavy (non-hydrogen) atoms. The number of amides is 1. The summed E-state index contributed by atoms with van der Waals surface area (Å²) in [5.74, 6) is 0.0429. The number of ether oxygens (including phenoxy) is 2. The number of fused-ring (bicyclic) bond motifs is 1. The smallest absolute Gasteiger partial charge is 0.315 e. The number of allylic oxidation sites excluding steroid dienone is 1. The normalized spacial score (nSPS) is 14.1. The summed E-state index contributed by atoms with van der Waals surface area (Å²) in [4.78, 5) is 29.7. The van der Waals surface area contributed by atoms with Crippen LogP contribution in [-0.2, 0) is 10.5 Å². The zero-order chi connectivity index (χ0) is 30.7. The Labute approximate surface area is 255 Å². The van der Waals surface area contributed by atoms with Crippen molar-refractivity contribution in [3.05, 3.63) is 98.2 Å². The first kappa shape index (κ1) is 29.7. The predicted octanol–water partition coefficient (Wildman–Crippen LogP) is 6.17. The van der Waals surface area contributed by atoms with Crippen LogP contribution in [0.1, 0.15) is 31.0 Å². The van der Waals surface area contributed by atoms with Crippen LogP contribution in [0.3, 0.4) is 0 Å². The van der Waals surface area contributed by atoms with E-state index in [1.165, 1.54) is 35.7 Å². The number of nitro groups is 1. The predicted molar refractivity (Wildman–Crippen MR) is 163 cm³/mol. The minimum atomic E-state index is -0.981. The third kappa shape index (κ3) is 6.08. The van der Waals surface area contributed by atoms with Crippen molar-refractivity contribution in [2.75, 3.05) is 24.4 Å². The molecule has 2 heterocycles. The van der Waals surface area contributed by atoms with Crippen LogP contribution in [-0.4, -0.2) is 44.4 Å². The van der Waals surface area contributed by atoms with Gasteiger partial charge in [-0.25, -0.2) is 4.68 Å². The fourth-order valence-corrected chi connectivity index (χ4v) is 5.77. The van der Waals surface area contributed by atoms with E-state index in [1.807, 2.05) is 25.1 Å². The van der Waals surface area contributed by atoms with Crippen LogP contribution in [0.5, 0.6) is 17.2 Å². The molecular weight excluding hydrogens is 596 g/mol. The largest absolute Gasteiger partial charge is 0.500 e. The minimum Gasteiger partial charge on any atom is -0.500 e. The molecule has 12 nitrogen and oxygen atoms in total. The number of hydrogen-bond donors (Lipinski definition) is 3. The molecule has 1 unspecified atom stereocenters. The number of thioether (sulfide) groups is 1. The van der Waals surface area contributed by atoms with E-state index in [4.69, 9.17) is 21.1 Å². The number of hydrogen-bond acceptors (Lipinski definition) is 10. The second kappa shape index (κ2) is 12.6. The number of aromatic nitrogens is 3. The van der Waals surface area contributed by atoms with E-state index < -0.39 is 28.3 Å². The zero-order valence-electron chi connectivity index (χ0n) is 23.3. The lowest BCUT2D eigenvalue weighted by molar-refractivity contribution is -0.386. The van der Waals surface area contributed by atoms with Gasteiger partial charge in [0.2, 0.25) is 16.9 Å². The van der Waals surface area contributed by atoms with Gasteiger partial charge in [-0.05, 0) is 49.2 Å². The van der Waals surface area contributed by atoms with Crippen LogP contribution in [0, 0.1) is 10.1 Å². The number of nitrogens with zero attached hydrogens (tertiary/aromatic N) is 4. The highest BCUT2D eigenvalue weighted by molar-refractivity contribution is 7.98. The number of rotatable bonds is 10. The number of halogens is 1. The van der Waals surface area contributed by atoms with Crippen LogP contribution in [0.4, 0.5) is 17.3 Å². The maximum atomic E-state index is 14.0. The zero-order valence-corrected chi connectivity index (χ0v) is 24.9. The fraction of sp³-hybridized carbons (Fsp3) is 0.207. The number of benzene rings is 3. The Morgan fingerprint density at radius 1 is 1.21 bits per heavy atom. The second-order valence-corrected chi connectivity index (χ2v) is 10.7. The number of carbonyl (C=O) groups is 1. The van der Waals surface area contributed by atoms with Crippen LogP contribution in [0.2, 0.25) is 5.02 Å². The minimum absolute atomic E-state index is 0.128. The van der Waals surface area contributed by atoms with E-state index in [0.717, 1.165) is 5.56 Å². The van der Waals surface area contributed by atoms with Crippen molar-refractivity contribution < 1.29 is 24.3 Å². The highest BCUT2D eigenvalue weighted by Crippen LogP contribution is 2.44. The number of aromatic hydroxyl groups is 1. The number of phenols is 1. The molecule has 1 aromatic heterocycles. The number of nitrogens with one attached hydrogen (secondary N) is 2. The van der Waals surface area contributed by atoms with E-state index in [2.05, 4.69) is 20.7 Å². The van der Waals surface area contributed by atoms with E-state index in [-0.39, 0.29) is 16.9 Å². The van der Waals surface area contributed by atoms with Crippen LogP contribution in [0.15, 0.2) is 77.1 Å². The summed E-state index contributed by atoms with van der Waals surface area (Å²) in [5.41, 5.74) is 1.71. The molecule has 3 N–H and O–H groups in total. The topological polar surface area (TPSA) is 154 Å². The van der Waals surface area contributed by atoms with Crippen molar-refractivity contribution in [1.29, 1.82) is 0 Å². The van der Waals surface area contributed by atoms with Crippen molar-refractivity contribution in [2.24, 2.45) is 0 Å². The SMILES string of the molecule is CCOc1ccccc1NC(=O)C1=C(C)Nc2nc(SCc3ccccc3Cl)nn2C1c1cc(OC)c(O)c([N+](=O)[O-])c1. The van der Waals surface area contributed by atoms with Crippen molar-refractivity contribution >= 4 is 46.6 Å². The molecule has 4 aromatic rings. The molecule has 1 aliphatic rings. The highest BCUT2D eigenvalue weighted by atomic mass is 35.5. The summed E-state index contributed by atoms with van der Waals surface area (Å²) in [5, 5.41) is 34.1. The van der Waals surface area contributed by atoms with Gasteiger partial charge in [0.1, 0.15) is 11.8 Å². The Bertz CT molecular complexity index is 1740. The number of methoxy groups -OCH3 is 1. The molecule has 0 fully saturated rings. The van der Waals surface area contributed by atoms with Crippen molar-refractivity contribution in [1.82, 2.24) is 14.8 Å². The van der Waals surface area contributed by atoms with Gasteiger partial charge >= 0.3 is 5.69 Å². The first-order chi connectivity index (χ1) is 20.7. The number of nitro benzene ring substituents is 1. The van der Waals surface area contributed by atoms with Gasteiger partial charge in [-0.3, -0.25) is 14.9 Å². The standard InChI is InChI=1S/C29H27ClN6O6S/c1-4-42-22-12-8-7-11-20(22)32-27(38)24-16(2)31-28-33-29(43-15-17-9-5-6-10-19(17)30)34-35(28)25(24)18-13-21(36(39)40)26(37)23(14-18)41-3/h5-14,25,37H,4,15H2,1-3H3,(H,32,38)(H,31,33,34). The molecule has 3 aromatic carbocycles. The lowest BCUT2D eigenvalue weighted by atomic mass is 9.94. The van der Waals surface area contributed by atoms with Crippen LogP contribution < -0.4 is 20.1 Å². The van der Waals surface area contributed by atoms with Gasteiger partial charge in [-0.15, -0.1) is 5.10 Å². The van der Waals surface area contributed by atoms with Crippen LogP contribution in [0.25, 0.3) is 0 Å². The molecule has 0 radical (unpaired) electrons. The summed E-state index contributed by atoms with van der Waals surface area (Å²) in [7, 11) is 1.29. The number of anilines is 2. The molecule has 5 rings (SSSR count). The average Bonchev–Trinajstić information content (AvgIpc) is 3.39. The van der Waals surface area contributed by atoms with Crippen molar-refractivity contribution in [2.45, 2.75) is 30.8 Å². The van der Waals surface area contributed by atoms with Gasteiger partial charge in [0.15, 0.2) is 5.75 Å². The maximum absolute atomic E-state index is 14.0. The Morgan fingerprint density at radius 2 is 1.95 bits per heavy atom. The number of para-hydroxylation sites is 2. The molecule has 0 aliphatic carbocycles. The average molecular weight is 623 g/mol. The third-order valence-electron chi connectivity index (χ3n) is 6.64. The van der Waals surface area contributed by atoms with E-state index >= 15 is 0 Å². The molecule has 0 saturated carbocycles. The summed E-state index contributed by atoms with van der Waals surface area (Å²) < 4.78 is 12.4. The first-order valence-corrected chi connectivity index (χ1v) is 14.5. The molecule has 1 amide bonds. The van der Waals surface area contributed by atoms with Crippen LogP contribution >= 0.6 is 23.4 Å². The molecular formula is C29H27ClN6O6S. The number of carbonyl (C=O) groups excluding carboxylic acids is 1. The van der Waals surface area contributed by atoms with Crippen molar-refractivity contribution in [3.8, 4) is 17.2 Å². The monoisotopic (exact) mass is 622 g/mol. The van der Waals surface area contributed by atoms with Gasteiger partial charge in [-0.1, -0.05) is 53.7 Å². The second-order valence-electron chi connectivity index (χ2n) is 9.34. The van der Waals surface area contributed by atoms with Gasteiger partial charge in [0.05, 0.1) is 29.9 Å². The summed E-state index contributed by atoms with van der Waals surface area (Å²) in [6.45, 7) is 3.94. The molecule has 0 spiro atoms. The lowest BCUT2D eigenvalue weighted by Crippen LogP contribution is -2.31. The fourth-order valence-electron chi connectivity index (χ4n) is 4.66. The van der Waals surface area contributed by atoms with E-state index in [0.29, 0.717) is 45.6 Å². The van der Waals surface area contributed by atoms with Gasteiger partial charge in [0, 0.05) is 22.5 Å². The Kier molecular flexibility index (Phi) is 8.73. The summed E-state index contributed by atoms with van der Waals surface area (Å²) >= 11 is 7.67. The summed E-state index contributed by atoms with van der Waals surface area (Å²) in [6, 6.07) is 16.1. The Balaban J connectivity index is 1.59. The van der Waals surface area contributed by atoms with Gasteiger partial charge in [-0.2, -0.15) is 4.98 Å². The van der Waals surface area contributed by atoms with Crippen molar-refractivity contribution in [3.63, 3.8) is 0 Å². The molecule has 1 aliphatic heterocycles. The Hall–Kier alpha value is -4.75. The highest BCUT2D eigenvalue weighted by Gasteiger charge is 2.37. The third-order valence-corrected chi connectivity index (χ3v) is 7.89. The quantitative estimate of drug-likeness (QED) is 0.106. The summed E-state index contributed by atoms with van der Waals surface area (Å²) in [6.07, 6.45) is 0. The maximum Gasteiger partial charge on any atom is 0.315 e. The van der Waals surface area contributed by atoms with Gasteiger partial charge in [0.25, 0.3) is 5.91 Å². The molecule has 1 atom stereocenters. The molecule has 222 valence electrons. The molecule has 0 saturated heterocycles. The van der Waals surface area contributed by atoms with Gasteiger partial charge < -0.3 is 25.2 Å². The van der Waals surface area contributed by atoms with E-state index in [1.54, 1.807) is 37.3 Å². The number of phenolic OH excluding ortho intramolecular Hbond substituents is 1. The first-order valence-electron chi connectivity index (χ1n) is 13.1. The van der Waals surface area contributed by atoms with E-state index in [9.17, 15) is 20.0 Å². The molecule has 14 heteroatoms.